The molecule has 1 saturated heterocycles. The summed E-state index contributed by atoms with van der Waals surface area (Å²) in [6.45, 7) is -0.350. The van der Waals surface area contributed by atoms with E-state index in [-0.39, 0.29) is 22.2 Å². The number of phenolic OH excluding ortho intramolecular Hbond substituents is 1. The highest BCUT2D eigenvalue weighted by molar-refractivity contribution is 9.10. The first-order chi connectivity index (χ1) is 13.7. The Morgan fingerprint density at radius 1 is 1.34 bits per heavy atom. The third-order valence-electron chi connectivity index (χ3n) is 3.79. The summed E-state index contributed by atoms with van der Waals surface area (Å²) in [5.41, 5.74) is 0.492. The zero-order chi connectivity index (χ0) is 21.1. The highest BCUT2D eigenvalue weighted by atomic mass is 79.9. The van der Waals surface area contributed by atoms with Gasteiger partial charge in [0.1, 0.15) is 16.6 Å². The minimum Gasteiger partial charge on any atom is -0.506 e. The van der Waals surface area contributed by atoms with E-state index in [9.17, 15) is 24.8 Å². The number of nitro groups is 1. The van der Waals surface area contributed by atoms with E-state index in [0.717, 1.165) is 38.8 Å². The Hall–Kier alpha value is -2.76. The zero-order valence-electron chi connectivity index (χ0n) is 14.5. The van der Waals surface area contributed by atoms with Gasteiger partial charge in [-0.1, -0.05) is 52.0 Å². The number of non-ortho nitro benzene ring substituents is 1. The van der Waals surface area contributed by atoms with Gasteiger partial charge < -0.3 is 10.4 Å². The summed E-state index contributed by atoms with van der Waals surface area (Å²) >= 11 is 9.66. The summed E-state index contributed by atoms with van der Waals surface area (Å²) in [7, 11) is 0. The monoisotopic (exact) mass is 493 g/mol. The van der Waals surface area contributed by atoms with Gasteiger partial charge in [-0.25, -0.2) is 0 Å². The number of nitro benzene ring substituents is 1. The molecule has 8 nitrogen and oxygen atoms in total. The quantitative estimate of drug-likeness (QED) is 0.213. The van der Waals surface area contributed by atoms with Crippen LogP contribution in [0.2, 0.25) is 0 Å². The first-order valence-corrected chi connectivity index (χ1v) is 10.0. The van der Waals surface area contributed by atoms with Gasteiger partial charge in [0, 0.05) is 10.5 Å². The van der Waals surface area contributed by atoms with Gasteiger partial charge in [-0.2, -0.15) is 0 Å². The van der Waals surface area contributed by atoms with Crippen LogP contribution in [-0.4, -0.2) is 37.6 Å². The molecule has 2 N–H and O–H groups in total. The lowest BCUT2D eigenvalue weighted by atomic mass is 10.2. The van der Waals surface area contributed by atoms with Crippen LogP contribution in [0.15, 0.2) is 51.8 Å². The minimum atomic E-state index is -0.664. The van der Waals surface area contributed by atoms with Gasteiger partial charge in [0.15, 0.2) is 0 Å². The maximum atomic E-state index is 12.6. The van der Waals surface area contributed by atoms with E-state index in [1.807, 2.05) is 24.3 Å². The molecule has 0 saturated carbocycles. The number of amides is 2. The third kappa shape index (κ3) is 5.00. The van der Waals surface area contributed by atoms with Crippen molar-refractivity contribution in [2.24, 2.45) is 0 Å². The van der Waals surface area contributed by atoms with E-state index in [1.54, 1.807) is 6.08 Å². The molecule has 2 aromatic rings. The molecule has 0 radical (unpaired) electrons. The van der Waals surface area contributed by atoms with Crippen LogP contribution in [0.5, 0.6) is 5.75 Å². The fourth-order valence-electron chi connectivity index (χ4n) is 2.46. The Balaban J connectivity index is 1.70. The van der Waals surface area contributed by atoms with Crippen molar-refractivity contribution < 1.29 is 19.6 Å². The second-order valence-corrected chi connectivity index (χ2v) is 8.42. The average Bonchev–Trinajstić information content (AvgIpc) is 2.90. The van der Waals surface area contributed by atoms with Gasteiger partial charge in [0.05, 0.1) is 21.6 Å². The maximum absolute atomic E-state index is 12.6. The molecule has 0 spiro atoms. The van der Waals surface area contributed by atoms with Crippen molar-refractivity contribution in [1.29, 1.82) is 0 Å². The Labute approximate surface area is 182 Å². The molecule has 2 aromatic carbocycles. The number of rotatable bonds is 5. The number of carbonyl (C=O) groups is 2. The number of halogens is 1. The van der Waals surface area contributed by atoms with Gasteiger partial charge >= 0.3 is 0 Å². The molecule has 1 aliphatic rings. The second-order valence-electron chi connectivity index (χ2n) is 5.83. The van der Waals surface area contributed by atoms with Crippen molar-refractivity contribution in [3.8, 4) is 5.75 Å². The van der Waals surface area contributed by atoms with E-state index >= 15 is 0 Å². The van der Waals surface area contributed by atoms with Crippen LogP contribution in [0.1, 0.15) is 5.56 Å². The van der Waals surface area contributed by atoms with Crippen LogP contribution in [0.4, 0.5) is 11.4 Å². The number of hydrogen-bond acceptors (Lipinski definition) is 7. The Bertz CT molecular complexity index is 1070. The van der Waals surface area contributed by atoms with Crippen molar-refractivity contribution in [1.82, 2.24) is 4.90 Å². The van der Waals surface area contributed by atoms with Gasteiger partial charge in [0.2, 0.25) is 5.91 Å². The number of nitrogens with zero attached hydrogens (tertiary/aromatic N) is 2. The number of phenols is 1. The number of nitrogens with one attached hydrogen (secondary N) is 1. The number of carbonyl (C=O) groups excluding carboxylic acids is 2. The lowest BCUT2D eigenvalue weighted by molar-refractivity contribution is -0.384. The Morgan fingerprint density at radius 3 is 2.76 bits per heavy atom. The number of benzene rings is 2. The van der Waals surface area contributed by atoms with Crippen LogP contribution >= 0.6 is 39.9 Å². The summed E-state index contributed by atoms with van der Waals surface area (Å²) in [5, 5.41) is 23.0. The number of thioether (sulfide) groups is 1. The maximum Gasteiger partial charge on any atom is 0.273 e. The van der Waals surface area contributed by atoms with Gasteiger partial charge in [-0.15, -0.1) is 0 Å². The highest BCUT2D eigenvalue weighted by Gasteiger charge is 2.33. The smallest absolute Gasteiger partial charge is 0.273 e. The summed E-state index contributed by atoms with van der Waals surface area (Å²) in [6, 6.07) is 10.7. The van der Waals surface area contributed by atoms with E-state index in [4.69, 9.17) is 12.2 Å². The Morgan fingerprint density at radius 2 is 2.10 bits per heavy atom. The Kier molecular flexibility index (Phi) is 6.30. The predicted molar refractivity (Wildman–Crippen MR) is 117 cm³/mol. The highest BCUT2D eigenvalue weighted by Crippen LogP contribution is 2.33. The molecule has 1 fully saturated rings. The molecular weight excluding hydrogens is 482 g/mol. The topological polar surface area (TPSA) is 113 Å². The summed E-state index contributed by atoms with van der Waals surface area (Å²) in [4.78, 5) is 36.5. The third-order valence-corrected chi connectivity index (χ3v) is 5.66. The van der Waals surface area contributed by atoms with Crippen LogP contribution < -0.4 is 5.32 Å². The lowest BCUT2D eigenvalue weighted by Gasteiger charge is -2.14. The molecule has 148 valence electrons. The zero-order valence-corrected chi connectivity index (χ0v) is 17.7. The fraction of sp³-hybridized carbons (Fsp3) is 0.0556. The standard InChI is InChI=1S/C18H12BrN3O5S2/c19-11-3-1-2-10(6-11)7-15-17(25)21(18(28)29-15)9-16(24)20-13-5-4-12(22(26)27)8-14(13)23/h1-8,23H,9H2,(H,20,24)/b15-7-. The first kappa shape index (κ1) is 21.0. The normalized spacial score (nSPS) is 15.1. The van der Waals surface area contributed by atoms with Crippen molar-refractivity contribution in [3.05, 3.63) is 67.5 Å². The summed E-state index contributed by atoms with van der Waals surface area (Å²) in [5.74, 6) is -1.45. The molecule has 1 heterocycles. The molecule has 0 atom stereocenters. The molecule has 11 heteroatoms. The summed E-state index contributed by atoms with van der Waals surface area (Å²) in [6.07, 6.45) is 1.68. The van der Waals surface area contributed by atoms with E-state index in [2.05, 4.69) is 21.2 Å². The number of aromatic hydroxyl groups is 1. The largest absolute Gasteiger partial charge is 0.506 e. The van der Waals surface area contributed by atoms with E-state index in [0.29, 0.717) is 4.91 Å². The SMILES string of the molecule is O=C(CN1C(=O)/C(=C/c2cccc(Br)c2)SC1=S)Nc1ccc([N+](=O)[O-])cc1O. The first-order valence-electron chi connectivity index (χ1n) is 8.03. The van der Waals surface area contributed by atoms with Crippen molar-refractivity contribution in [2.45, 2.75) is 0 Å². The van der Waals surface area contributed by atoms with E-state index < -0.39 is 22.5 Å². The number of anilines is 1. The molecule has 0 aliphatic carbocycles. The van der Waals surface area contributed by atoms with Crippen molar-refractivity contribution >= 4 is 73.5 Å². The molecule has 29 heavy (non-hydrogen) atoms. The van der Waals surface area contributed by atoms with Crippen LogP contribution in [0, 0.1) is 10.1 Å². The second kappa shape index (κ2) is 8.72. The van der Waals surface area contributed by atoms with Gasteiger partial charge in [0.25, 0.3) is 11.6 Å². The van der Waals surface area contributed by atoms with Gasteiger partial charge in [-0.3, -0.25) is 24.6 Å². The van der Waals surface area contributed by atoms with Crippen molar-refractivity contribution in [3.63, 3.8) is 0 Å². The molecule has 1 aliphatic heterocycles. The van der Waals surface area contributed by atoms with Crippen LogP contribution in [0.3, 0.4) is 0 Å². The summed E-state index contributed by atoms with van der Waals surface area (Å²) < 4.78 is 1.10. The van der Waals surface area contributed by atoms with Gasteiger partial charge in [-0.05, 0) is 29.8 Å². The van der Waals surface area contributed by atoms with E-state index in [1.165, 1.54) is 6.07 Å². The van der Waals surface area contributed by atoms with Crippen LogP contribution in [-0.2, 0) is 9.59 Å². The number of thiocarbonyl (C=S) groups is 1. The molecule has 0 bridgehead atoms. The molecule has 3 rings (SSSR count). The molecular formula is C18H12BrN3O5S2. The van der Waals surface area contributed by atoms with Crippen LogP contribution in [0.25, 0.3) is 6.08 Å². The minimum absolute atomic E-state index is 0.00396. The lowest BCUT2D eigenvalue weighted by Crippen LogP contribution is -2.36. The fourth-order valence-corrected chi connectivity index (χ4v) is 4.13. The number of hydrogen-bond donors (Lipinski definition) is 2. The molecule has 0 aromatic heterocycles. The average molecular weight is 494 g/mol. The predicted octanol–water partition coefficient (Wildman–Crippen LogP) is 3.90. The molecule has 0 unspecified atom stereocenters. The van der Waals surface area contributed by atoms with Crippen molar-refractivity contribution in [2.75, 3.05) is 11.9 Å². The molecule has 2 amide bonds.